The standard InChI is InChI=1S/C16H18N2O6/c1-10(2)16(19)24-15-13(17(20)21)8-12(9-14(15)18(22)23)11-6-4-3-5-7-11/h8-9,11H,1,3-7H2,2H3. The van der Waals surface area contributed by atoms with Crippen molar-refractivity contribution in [1.82, 2.24) is 0 Å². The summed E-state index contributed by atoms with van der Waals surface area (Å²) in [5, 5.41) is 22.7. The first kappa shape index (κ1) is 17.6. The van der Waals surface area contributed by atoms with Crippen molar-refractivity contribution in [2.75, 3.05) is 0 Å². The molecule has 2 rings (SSSR count). The summed E-state index contributed by atoms with van der Waals surface area (Å²) in [6.45, 7) is 4.73. The van der Waals surface area contributed by atoms with Crippen molar-refractivity contribution in [2.45, 2.75) is 44.9 Å². The van der Waals surface area contributed by atoms with Crippen LogP contribution in [0.4, 0.5) is 11.4 Å². The van der Waals surface area contributed by atoms with E-state index in [9.17, 15) is 25.0 Å². The topological polar surface area (TPSA) is 113 Å². The fourth-order valence-electron chi connectivity index (χ4n) is 2.85. The lowest BCUT2D eigenvalue weighted by atomic mass is 9.83. The van der Waals surface area contributed by atoms with E-state index in [0.717, 1.165) is 32.1 Å². The highest BCUT2D eigenvalue weighted by molar-refractivity contribution is 5.90. The molecule has 0 saturated heterocycles. The first-order valence-electron chi connectivity index (χ1n) is 7.65. The maximum absolute atomic E-state index is 11.7. The van der Waals surface area contributed by atoms with Gasteiger partial charge in [-0.25, -0.2) is 4.79 Å². The minimum absolute atomic E-state index is 0.00467. The molecule has 128 valence electrons. The number of carbonyl (C=O) groups is 1. The third kappa shape index (κ3) is 3.76. The Bertz CT molecular complexity index is 672. The van der Waals surface area contributed by atoms with Gasteiger partial charge < -0.3 is 4.74 Å². The molecule has 1 aromatic rings. The van der Waals surface area contributed by atoms with Gasteiger partial charge in [-0.15, -0.1) is 0 Å². The predicted octanol–water partition coefficient (Wildman–Crippen LogP) is 4.03. The zero-order valence-corrected chi connectivity index (χ0v) is 13.3. The minimum Gasteiger partial charge on any atom is -0.408 e. The number of nitro groups is 2. The van der Waals surface area contributed by atoms with Gasteiger partial charge in [0.15, 0.2) is 0 Å². The summed E-state index contributed by atoms with van der Waals surface area (Å²) in [7, 11) is 0. The van der Waals surface area contributed by atoms with Crippen LogP contribution < -0.4 is 4.74 Å². The molecule has 0 amide bonds. The number of nitro benzene ring substituents is 2. The number of hydrogen-bond donors (Lipinski definition) is 0. The molecule has 0 unspecified atom stereocenters. The van der Waals surface area contributed by atoms with E-state index in [0.29, 0.717) is 5.56 Å². The van der Waals surface area contributed by atoms with Crippen LogP contribution in [0.1, 0.15) is 50.5 Å². The second-order valence-electron chi connectivity index (χ2n) is 5.91. The molecule has 1 saturated carbocycles. The lowest BCUT2D eigenvalue weighted by Gasteiger charge is -2.22. The normalized spacial score (nSPS) is 14.9. The van der Waals surface area contributed by atoms with Crippen LogP contribution in [0.3, 0.4) is 0 Å². The summed E-state index contributed by atoms with van der Waals surface area (Å²) in [4.78, 5) is 32.9. The Morgan fingerprint density at radius 1 is 1.12 bits per heavy atom. The first-order valence-corrected chi connectivity index (χ1v) is 7.65. The largest absolute Gasteiger partial charge is 0.408 e. The van der Waals surface area contributed by atoms with Gasteiger partial charge in [0.25, 0.3) is 5.75 Å². The second-order valence-corrected chi connectivity index (χ2v) is 5.91. The van der Waals surface area contributed by atoms with Gasteiger partial charge in [-0.05, 0) is 31.2 Å². The Labute approximate surface area is 138 Å². The second kappa shape index (κ2) is 7.20. The smallest absolute Gasteiger partial charge is 0.339 e. The van der Waals surface area contributed by atoms with Crippen LogP contribution in [0.2, 0.25) is 0 Å². The lowest BCUT2D eigenvalue weighted by Crippen LogP contribution is -2.12. The highest BCUT2D eigenvalue weighted by atomic mass is 16.6. The molecule has 1 aromatic carbocycles. The van der Waals surface area contributed by atoms with Crippen molar-refractivity contribution in [3.63, 3.8) is 0 Å². The average molecular weight is 334 g/mol. The van der Waals surface area contributed by atoms with Gasteiger partial charge >= 0.3 is 17.3 Å². The Morgan fingerprint density at radius 3 is 2.04 bits per heavy atom. The van der Waals surface area contributed by atoms with Crippen molar-refractivity contribution in [1.29, 1.82) is 0 Å². The van der Waals surface area contributed by atoms with E-state index in [1.807, 2.05) is 0 Å². The van der Waals surface area contributed by atoms with Crippen LogP contribution in [0.15, 0.2) is 24.3 Å². The number of ether oxygens (including phenoxy) is 1. The molecule has 0 spiro atoms. The van der Waals surface area contributed by atoms with Gasteiger partial charge in [-0.2, -0.15) is 0 Å². The van der Waals surface area contributed by atoms with Crippen molar-refractivity contribution in [3.8, 4) is 5.75 Å². The summed E-state index contributed by atoms with van der Waals surface area (Å²) in [5.41, 5.74) is -0.600. The molecule has 0 bridgehead atoms. The van der Waals surface area contributed by atoms with E-state index in [1.54, 1.807) is 0 Å². The van der Waals surface area contributed by atoms with Gasteiger partial charge in [0.2, 0.25) is 0 Å². The Hall–Kier alpha value is -2.77. The molecule has 0 radical (unpaired) electrons. The molecule has 24 heavy (non-hydrogen) atoms. The summed E-state index contributed by atoms with van der Waals surface area (Å²) >= 11 is 0. The summed E-state index contributed by atoms with van der Waals surface area (Å²) in [6, 6.07) is 2.56. The number of benzene rings is 1. The van der Waals surface area contributed by atoms with Crippen molar-refractivity contribution >= 4 is 17.3 Å². The molecular weight excluding hydrogens is 316 g/mol. The van der Waals surface area contributed by atoms with Crippen molar-refractivity contribution in [2.24, 2.45) is 0 Å². The third-order valence-corrected chi connectivity index (χ3v) is 4.09. The molecule has 1 fully saturated rings. The van der Waals surface area contributed by atoms with Crippen LogP contribution in [0.25, 0.3) is 0 Å². The maximum atomic E-state index is 11.7. The van der Waals surface area contributed by atoms with Gasteiger partial charge in [-0.3, -0.25) is 20.2 Å². The predicted molar refractivity (Wildman–Crippen MR) is 86.0 cm³/mol. The molecule has 1 aliphatic carbocycles. The van der Waals surface area contributed by atoms with E-state index in [2.05, 4.69) is 6.58 Å². The van der Waals surface area contributed by atoms with Gasteiger partial charge in [0.05, 0.1) is 9.85 Å². The van der Waals surface area contributed by atoms with E-state index in [-0.39, 0.29) is 11.5 Å². The molecule has 0 aliphatic heterocycles. The molecule has 1 aliphatic rings. The average Bonchev–Trinajstić information content (AvgIpc) is 2.55. The Morgan fingerprint density at radius 2 is 1.62 bits per heavy atom. The number of hydrogen-bond acceptors (Lipinski definition) is 6. The fraction of sp³-hybridized carbons (Fsp3) is 0.438. The summed E-state index contributed by atoms with van der Waals surface area (Å²) < 4.78 is 4.88. The molecular formula is C16H18N2O6. The molecule has 0 atom stereocenters. The zero-order valence-electron chi connectivity index (χ0n) is 13.3. The summed E-state index contributed by atoms with van der Waals surface area (Å²) in [5.74, 6) is -1.54. The van der Waals surface area contributed by atoms with Gasteiger partial charge in [-0.1, -0.05) is 25.8 Å². The fourth-order valence-corrected chi connectivity index (χ4v) is 2.85. The Kier molecular flexibility index (Phi) is 5.28. The minimum atomic E-state index is -0.938. The molecule has 0 heterocycles. The molecule has 8 heteroatoms. The third-order valence-electron chi connectivity index (χ3n) is 4.09. The molecule has 0 N–H and O–H groups in total. The highest BCUT2D eigenvalue weighted by Gasteiger charge is 2.32. The van der Waals surface area contributed by atoms with Gasteiger partial charge in [0.1, 0.15) is 0 Å². The zero-order chi connectivity index (χ0) is 17.9. The first-order chi connectivity index (χ1) is 11.3. The lowest BCUT2D eigenvalue weighted by molar-refractivity contribution is -0.395. The number of carbonyl (C=O) groups excluding carboxylic acids is 1. The maximum Gasteiger partial charge on any atom is 0.339 e. The number of nitrogens with zero attached hydrogens (tertiary/aromatic N) is 2. The van der Waals surface area contributed by atoms with E-state index in [1.165, 1.54) is 19.1 Å². The van der Waals surface area contributed by atoms with Crippen LogP contribution in [-0.4, -0.2) is 15.8 Å². The van der Waals surface area contributed by atoms with Crippen molar-refractivity contribution in [3.05, 3.63) is 50.1 Å². The van der Waals surface area contributed by atoms with Crippen LogP contribution >= 0.6 is 0 Å². The van der Waals surface area contributed by atoms with Crippen molar-refractivity contribution < 1.29 is 19.4 Å². The van der Waals surface area contributed by atoms with Crippen LogP contribution in [0.5, 0.6) is 5.75 Å². The SMILES string of the molecule is C=C(C)C(=O)Oc1c([N+](=O)[O-])cc(C2CCCCC2)cc1[N+](=O)[O-]. The summed E-state index contributed by atoms with van der Waals surface area (Å²) in [6.07, 6.45) is 4.73. The monoisotopic (exact) mass is 334 g/mol. The van der Waals surface area contributed by atoms with E-state index in [4.69, 9.17) is 4.74 Å². The van der Waals surface area contributed by atoms with E-state index < -0.39 is 32.9 Å². The number of esters is 1. The van der Waals surface area contributed by atoms with E-state index >= 15 is 0 Å². The van der Waals surface area contributed by atoms with Gasteiger partial charge in [0, 0.05) is 17.7 Å². The van der Waals surface area contributed by atoms with Crippen LogP contribution in [-0.2, 0) is 4.79 Å². The molecule has 8 nitrogen and oxygen atoms in total. The highest BCUT2D eigenvalue weighted by Crippen LogP contribution is 2.43. The quantitative estimate of drug-likeness (QED) is 0.264. The Balaban J connectivity index is 2.55. The number of rotatable bonds is 5. The van der Waals surface area contributed by atoms with Crippen LogP contribution in [0, 0.1) is 20.2 Å². The molecule has 0 aromatic heterocycles.